The number of hydrogen-bond acceptors (Lipinski definition) is 4. The van der Waals surface area contributed by atoms with Crippen LogP contribution in [0.25, 0.3) is 0 Å². The fraction of sp³-hybridized carbons (Fsp3) is 0.643. The number of aromatic nitrogens is 1. The average molecular weight is 303 g/mol. The van der Waals surface area contributed by atoms with Crippen molar-refractivity contribution in [1.82, 2.24) is 4.98 Å². The number of anilines is 2. The summed E-state index contributed by atoms with van der Waals surface area (Å²) in [5, 5.41) is 5.87. The van der Waals surface area contributed by atoms with Crippen molar-refractivity contribution in [3.8, 4) is 0 Å². The highest BCUT2D eigenvalue weighted by Gasteiger charge is 2.13. The van der Waals surface area contributed by atoms with E-state index < -0.39 is 11.6 Å². The van der Waals surface area contributed by atoms with E-state index in [1.807, 2.05) is 25.6 Å². The van der Waals surface area contributed by atoms with E-state index >= 15 is 0 Å². The molecular formula is C14H23F2N3S. The summed E-state index contributed by atoms with van der Waals surface area (Å²) in [6.07, 6.45) is 1.76. The maximum Gasteiger partial charge on any atom is 0.168 e. The van der Waals surface area contributed by atoms with Gasteiger partial charge in [0.25, 0.3) is 0 Å². The zero-order chi connectivity index (χ0) is 15.0. The number of hydrogen-bond donors (Lipinski definition) is 2. The molecule has 0 amide bonds. The normalized spacial score (nSPS) is 12.2. The maximum atomic E-state index is 13.7. The van der Waals surface area contributed by atoms with Gasteiger partial charge in [-0.1, -0.05) is 13.8 Å². The van der Waals surface area contributed by atoms with Gasteiger partial charge in [-0.3, -0.25) is 0 Å². The van der Waals surface area contributed by atoms with Gasteiger partial charge in [0.15, 0.2) is 23.3 Å². The van der Waals surface area contributed by atoms with Gasteiger partial charge in [-0.05, 0) is 31.3 Å². The van der Waals surface area contributed by atoms with Crippen LogP contribution in [0.15, 0.2) is 6.07 Å². The van der Waals surface area contributed by atoms with Crippen LogP contribution in [0.4, 0.5) is 20.4 Å². The first-order valence-electron chi connectivity index (χ1n) is 7.02. The van der Waals surface area contributed by atoms with Crippen molar-refractivity contribution in [2.75, 3.05) is 28.7 Å². The number of thioether (sulfide) groups is 1. The highest BCUT2D eigenvalue weighted by atomic mass is 32.2. The highest BCUT2D eigenvalue weighted by Crippen LogP contribution is 2.20. The molecule has 0 bridgehead atoms. The van der Waals surface area contributed by atoms with Gasteiger partial charge >= 0.3 is 0 Å². The Morgan fingerprint density at radius 3 is 2.60 bits per heavy atom. The van der Waals surface area contributed by atoms with Gasteiger partial charge in [0.05, 0.1) is 0 Å². The summed E-state index contributed by atoms with van der Waals surface area (Å²) in [5.74, 6) is 0.982. The standard InChI is InChI=1S/C14H23F2N3S/c1-4-7-17-13-11(15)9-12(16)14(19-13)18-10(3)6-8-20-5-2/h9-10H,4-8H2,1-3H3,(H2,17,18,19). The lowest BCUT2D eigenvalue weighted by molar-refractivity contribution is 0.575. The predicted octanol–water partition coefficient (Wildman–Crippen LogP) is 4.13. The highest BCUT2D eigenvalue weighted by molar-refractivity contribution is 7.99. The third-order valence-corrected chi connectivity index (χ3v) is 3.69. The Morgan fingerprint density at radius 2 is 1.95 bits per heavy atom. The smallest absolute Gasteiger partial charge is 0.168 e. The molecule has 0 saturated carbocycles. The molecule has 2 N–H and O–H groups in total. The molecule has 0 aliphatic heterocycles. The topological polar surface area (TPSA) is 37.0 Å². The van der Waals surface area contributed by atoms with Crippen molar-refractivity contribution in [3.63, 3.8) is 0 Å². The molecule has 1 unspecified atom stereocenters. The first-order chi connectivity index (χ1) is 9.58. The van der Waals surface area contributed by atoms with Crippen molar-refractivity contribution in [2.24, 2.45) is 0 Å². The van der Waals surface area contributed by atoms with Gasteiger partial charge < -0.3 is 10.6 Å². The number of rotatable bonds is 9. The van der Waals surface area contributed by atoms with E-state index in [4.69, 9.17) is 0 Å². The lowest BCUT2D eigenvalue weighted by Crippen LogP contribution is -2.19. The molecule has 6 heteroatoms. The molecule has 1 rings (SSSR count). The Kier molecular flexibility index (Phi) is 7.65. The number of pyridine rings is 1. The van der Waals surface area contributed by atoms with Crippen LogP contribution >= 0.6 is 11.8 Å². The number of nitrogens with one attached hydrogen (secondary N) is 2. The molecule has 0 aliphatic rings. The minimum Gasteiger partial charge on any atom is -0.368 e. The van der Waals surface area contributed by atoms with Gasteiger partial charge in [0, 0.05) is 18.7 Å². The monoisotopic (exact) mass is 303 g/mol. The molecule has 0 fully saturated rings. The number of halogens is 2. The fourth-order valence-corrected chi connectivity index (χ4v) is 2.45. The Hall–Kier alpha value is -1.04. The molecule has 1 aromatic heterocycles. The lowest BCUT2D eigenvalue weighted by Gasteiger charge is -2.16. The zero-order valence-corrected chi connectivity index (χ0v) is 13.1. The SMILES string of the molecule is CCCNc1nc(NC(C)CCSCC)c(F)cc1F. The van der Waals surface area contributed by atoms with Gasteiger partial charge in [0.2, 0.25) is 0 Å². The third kappa shape index (κ3) is 5.53. The van der Waals surface area contributed by atoms with E-state index in [0.717, 1.165) is 30.4 Å². The second-order valence-electron chi connectivity index (χ2n) is 4.61. The molecule has 0 radical (unpaired) electrons. The Morgan fingerprint density at radius 1 is 1.25 bits per heavy atom. The van der Waals surface area contributed by atoms with Crippen LogP contribution in [0.1, 0.15) is 33.6 Å². The van der Waals surface area contributed by atoms with E-state index in [-0.39, 0.29) is 17.7 Å². The molecule has 20 heavy (non-hydrogen) atoms. The predicted molar refractivity (Wildman–Crippen MR) is 83.6 cm³/mol. The van der Waals surface area contributed by atoms with Gasteiger partial charge in [-0.15, -0.1) is 0 Å². The average Bonchev–Trinajstić information content (AvgIpc) is 2.41. The van der Waals surface area contributed by atoms with Crippen LogP contribution < -0.4 is 10.6 Å². The molecule has 3 nitrogen and oxygen atoms in total. The summed E-state index contributed by atoms with van der Waals surface area (Å²) >= 11 is 1.84. The summed E-state index contributed by atoms with van der Waals surface area (Å²) in [4.78, 5) is 4.00. The Bertz CT molecular complexity index is 416. The molecule has 1 aromatic rings. The van der Waals surface area contributed by atoms with Crippen LogP contribution in [0, 0.1) is 11.6 Å². The molecule has 0 aliphatic carbocycles. The minimum atomic E-state index is -0.657. The lowest BCUT2D eigenvalue weighted by atomic mass is 10.2. The quantitative estimate of drug-likeness (QED) is 0.673. The second-order valence-corrected chi connectivity index (χ2v) is 6.00. The molecule has 1 heterocycles. The van der Waals surface area contributed by atoms with Crippen molar-refractivity contribution < 1.29 is 8.78 Å². The second kappa shape index (κ2) is 9.00. The van der Waals surface area contributed by atoms with Crippen LogP contribution in [-0.2, 0) is 0 Å². The third-order valence-electron chi connectivity index (χ3n) is 2.75. The fourth-order valence-electron chi connectivity index (χ4n) is 1.65. The van der Waals surface area contributed by atoms with Crippen molar-refractivity contribution in [3.05, 3.63) is 17.7 Å². The van der Waals surface area contributed by atoms with E-state index in [1.54, 1.807) is 0 Å². The van der Waals surface area contributed by atoms with E-state index in [1.165, 1.54) is 0 Å². The molecular weight excluding hydrogens is 280 g/mol. The van der Waals surface area contributed by atoms with Crippen LogP contribution in [-0.4, -0.2) is 29.1 Å². The van der Waals surface area contributed by atoms with Crippen molar-refractivity contribution >= 4 is 23.4 Å². The van der Waals surface area contributed by atoms with E-state index in [0.29, 0.717) is 6.54 Å². The molecule has 114 valence electrons. The van der Waals surface area contributed by atoms with Crippen LogP contribution in [0.5, 0.6) is 0 Å². The summed E-state index contributed by atoms with van der Waals surface area (Å²) < 4.78 is 27.2. The summed E-state index contributed by atoms with van der Waals surface area (Å²) in [7, 11) is 0. The van der Waals surface area contributed by atoms with Crippen LogP contribution in [0.2, 0.25) is 0 Å². The van der Waals surface area contributed by atoms with E-state index in [9.17, 15) is 8.78 Å². The molecule has 1 atom stereocenters. The number of nitrogens with zero attached hydrogens (tertiary/aromatic N) is 1. The molecule has 0 aromatic carbocycles. The first-order valence-corrected chi connectivity index (χ1v) is 8.18. The largest absolute Gasteiger partial charge is 0.368 e. The minimum absolute atomic E-state index is 0.0977. The zero-order valence-electron chi connectivity index (χ0n) is 12.3. The molecule has 0 saturated heterocycles. The van der Waals surface area contributed by atoms with Gasteiger partial charge in [0.1, 0.15) is 0 Å². The Labute approximate surface area is 123 Å². The van der Waals surface area contributed by atoms with E-state index in [2.05, 4.69) is 22.5 Å². The Balaban J connectivity index is 2.68. The summed E-state index contributed by atoms with van der Waals surface area (Å²) in [5.41, 5.74) is 0. The molecule has 0 spiro atoms. The summed E-state index contributed by atoms with van der Waals surface area (Å²) in [6.45, 7) is 6.66. The van der Waals surface area contributed by atoms with Crippen molar-refractivity contribution in [2.45, 2.75) is 39.7 Å². The first kappa shape index (κ1) is 17.0. The van der Waals surface area contributed by atoms with Crippen LogP contribution in [0.3, 0.4) is 0 Å². The maximum absolute atomic E-state index is 13.7. The summed E-state index contributed by atoms with van der Waals surface area (Å²) in [6, 6.07) is 0.974. The van der Waals surface area contributed by atoms with Gasteiger partial charge in [-0.25, -0.2) is 13.8 Å². The van der Waals surface area contributed by atoms with Gasteiger partial charge in [-0.2, -0.15) is 11.8 Å². The van der Waals surface area contributed by atoms with Crippen molar-refractivity contribution in [1.29, 1.82) is 0 Å².